The predicted molar refractivity (Wildman–Crippen MR) is 102 cm³/mol. The van der Waals surface area contributed by atoms with E-state index in [4.69, 9.17) is 9.47 Å². The summed E-state index contributed by atoms with van der Waals surface area (Å²) in [6.45, 7) is 4.04. The molecule has 0 aliphatic carbocycles. The third kappa shape index (κ3) is 5.07. The van der Waals surface area contributed by atoms with Gasteiger partial charge in [-0.25, -0.2) is 0 Å². The molecule has 1 aliphatic rings. The molecule has 0 saturated carbocycles. The van der Waals surface area contributed by atoms with Gasteiger partial charge in [-0.15, -0.1) is 0 Å². The molecule has 0 bridgehead atoms. The fourth-order valence-electron chi connectivity index (χ4n) is 3.12. The number of nitrogens with zero attached hydrogens (tertiary/aromatic N) is 1. The lowest BCUT2D eigenvalue weighted by Crippen LogP contribution is -2.39. The van der Waals surface area contributed by atoms with Crippen LogP contribution in [0.4, 0.5) is 5.69 Å². The Morgan fingerprint density at radius 1 is 1.08 bits per heavy atom. The maximum Gasteiger partial charge on any atom is 0.323 e. The van der Waals surface area contributed by atoms with E-state index in [1.807, 2.05) is 30.3 Å². The Hall–Kier alpha value is -2.37. The number of methoxy groups -OCH3 is 1. The van der Waals surface area contributed by atoms with E-state index in [1.165, 1.54) is 12.8 Å². The van der Waals surface area contributed by atoms with Crippen LogP contribution < -0.4 is 10.2 Å². The fraction of sp³-hybridized carbons (Fsp3) is 0.381. The van der Waals surface area contributed by atoms with Gasteiger partial charge in [-0.05, 0) is 29.7 Å². The molecule has 2 aromatic carbocycles. The Kier molecular flexibility index (Phi) is 6.63. The van der Waals surface area contributed by atoms with Gasteiger partial charge in [0.2, 0.25) is 0 Å². The highest BCUT2D eigenvalue weighted by atomic mass is 16.5. The predicted octanol–water partition coefficient (Wildman–Crippen LogP) is 2.40. The Bertz CT molecular complexity index is 682. The molecule has 0 radical (unpaired) electrons. The van der Waals surface area contributed by atoms with E-state index in [2.05, 4.69) is 34.5 Å². The van der Waals surface area contributed by atoms with Crippen LogP contribution in [0.3, 0.4) is 0 Å². The van der Waals surface area contributed by atoms with Gasteiger partial charge in [-0.2, -0.15) is 0 Å². The molecule has 26 heavy (non-hydrogen) atoms. The molecule has 3 rings (SSSR count). The van der Waals surface area contributed by atoms with Crippen molar-refractivity contribution in [2.24, 2.45) is 0 Å². The van der Waals surface area contributed by atoms with Crippen molar-refractivity contribution in [1.29, 1.82) is 0 Å². The molecule has 0 unspecified atom stereocenters. The standard InChI is InChI=1S/C21H26N2O3/c1-25-21(24)20(15-17-5-3-2-4-6-17)22-16-18-7-9-19(10-8-18)23-11-13-26-14-12-23/h2-10,20,22H,11-16H2,1H3/t20-/m0/s1. The zero-order chi connectivity index (χ0) is 18.2. The number of ether oxygens (including phenoxy) is 2. The van der Waals surface area contributed by atoms with Gasteiger partial charge in [0.15, 0.2) is 0 Å². The number of morpholine rings is 1. The summed E-state index contributed by atoms with van der Waals surface area (Å²) < 4.78 is 10.3. The lowest BCUT2D eigenvalue weighted by molar-refractivity contribution is -0.143. The summed E-state index contributed by atoms with van der Waals surface area (Å²) in [6, 6.07) is 18.1. The van der Waals surface area contributed by atoms with Crippen molar-refractivity contribution in [1.82, 2.24) is 5.32 Å². The lowest BCUT2D eigenvalue weighted by Gasteiger charge is -2.29. The summed E-state index contributed by atoms with van der Waals surface area (Å²) in [6.07, 6.45) is 0.610. The van der Waals surface area contributed by atoms with Gasteiger partial charge in [0.25, 0.3) is 0 Å². The molecule has 1 fully saturated rings. The largest absolute Gasteiger partial charge is 0.468 e. The summed E-state index contributed by atoms with van der Waals surface area (Å²) in [4.78, 5) is 14.4. The SMILES string of the molecule is COC(=O)[C@H](Cc1ccccc1)NCc1ccc(N2CCOCC2)cc1. The molecular weight excluding hydrogens is 328 g/mol. The van der Waals surface area contributed by atoms with Crippen LogP contribution in [-0.2, 0) is 27.2 Å². The van der Waals surface area contributed by atoms with E-state index in [0.29, 0.717) is 13.0 Å². The van der Waals surface area contributed by atoms with Crippen LogP contribution in [0, 0.1) is 0 Å². The number of nitrogens with one attached hydrogen (secondary N) is 1. The lowest BCUT2D eigenvalue weighted by atomic mass is 10.1. The number of rotatable bonds is 7. The Morgan fingerprint density at radius 2 is 1.77 bits per heavy atom. The monoisotopic (exact) mass is 354 g/mol. The summed E-state index contributed by atoms with van der Waals surface area (Å²) in [7, 11) is 1.43. The van der Waals surface area contributed by atoms with Crippen molar-refractivity contribution in [3.05, 3.63) is 65.7 Å². The van der Waals surface area contributed by atoms with Gasteiger partial charge < -0.3 is 19.7 Å². The smallest absolute Gasteiger partial charge is 0.323 e. The van der Waals surface area contributed by atoms with Crippen molar-refractivity contribution in [2.75, 3.05) is 38.3 Å². The molecular formula is C21H26N2O3. The van der Waals surface area contributed by atoms with Crippen molar-refractivity contribution < 1.29 is 14.3 Å². The minimum absolute atomic E-state index is 0.237. The first-order valence-corrected chi connectivity index (χ1v) is 9.03. The highest BCUT2D eigenvalue weighted by Crippen LogP contribution is 2.17. The number of hydrogen-bond acceptors (Lipinski definition) is 5. The molecule has 1 atom stereocenters. The maximum atomic E-state index is 12.1. The average Bonchev–Trinajstić information content (AvgIpc) is 2.72. The summed E-state index contributed by atoms with van der Waals surface area (Å²) >= 11 is 0. The van der Waals surface area contributed by atoms with Gasteiger partial charge in [-0.1, -0.05) is 42.5 Å². The van der Waals surface area contributed by atoms with Gasteiger partial charge in [-0.3, -0.25) is 4.79 Å². The second-order valence-corrected chi connectivity index (χ2v) is 6.41. The second-order valence-electron chi connectivity index (χ2n) is 6.41. The van der Waals surface area contributed by atoms with E-state index < -0.39 is 0 Å². The highest BCUT2D eigenvalue weighted by molar-refractivity contribution is 5.76. The molecule has 0 aromatic heterocycles. The molecule has 138 valence electrons. The van der Waals surface area contributed by atoms with E-state index in [1.54, 1.807) is 0 Å². The molecule has 1 heterocycles. The number of esters is 1. The van der Waals surface area contributed by atoms with Crippen molar-refractivity contribution >= 4 is 11.7 Å². The molecule has 2 aromatic rings. The first-order valence-electron chi connectivity index (χ1n) is 9.03. The first kappa shape index (κ1) is 18.4. The quantitative estimate of drug-likeness (QED) is 0.774. The summed E-state index contributed by atoms with van der Waals surface area (Å²) in [5.41, 5.74) is 3.47. The first-order chi connectivity index (χ1) is 12.8. The maximum absolute atomic E-state index is 12.1. The molecule has 5 heteroatoms. The van der Waals surface area contributed by atoms with E-state index in [0.717, 1.165) is 37.4 Å². The van der Waals surface area contributed by atoms with Crippen LogP contribution in [0.2, 0.25) is 0 Å². The van der Waals surface area contributed by atoms with Crippen LogP contribution in [0.15, 0.2) is 54.6 Å². The Labute approximate surface area is 154 Å². The Morgan fingerprint density at radius 3 is 2.42 bits per heavy atom. The van der Waals surface area contributed by atoms with Gasteiger partial charge in [0.1, 0.15) is 6.04 Å². The van der Waals surface area contributed by atoms with Gasteiger partial charge in [0, 0.05) is 25.3 Å². The van der Waals surface area contributed by atoms with Crippen molar-refractivity contribution in [3.63, 3.8) is 0 Å². The van der Waals surface area contributed by atoms with Crippen molar-refractivity contribution in [3.8, 4) is 0 Å². The van der Waals surface area contributed by atoms with E-state index in [9.17, 15) is 4.79 Å². The third-order valence-corrected chi connectivity index (χ3v) is 4.63. The van der Waals surface area contributed by atoms with Gasteiger partial charge in [0.05, 0.1) is 20.3 Å². The van der Waals surface area contributed by atoms with Crippen LogP contribution in [0.1, 0.15) is 11.1 Å². The minimum atomic E-state index is -0.360. The molecule has 1 N–H and O–H groups in total. The second kappa shape index (κ2) is 9.36. The molecule has 1 aliphatic heterocycles. The minimum Gasteiger partial charge on any atom is -0.468 e. The molecule has 0 spiro atoms. The van der Waals surface area contributed by atoms with Crippen LogP contribution in [0.5, 0.6) is 0 Å². The van der Waals surface area contributed by atoms with Crippen LogP contribution in [0.25, 0.3) is 0 Å². The normalized spacial score (nSPS) is 15.5. The van der Waals surface area contributed by atoms with E-state index >= 15 is 0 Å². The number of anilines is 1. The summed E-state index contributed by atoms with van der Waals surface area (Å²) in [5, 5.41) is 3.33. The third-order valence-electron chi connectivity index (χ3n) is 4.63. The number of carbonyl (C=O) groups excluding carboxylic acids is 1. The number of hydrogen-bond donors (Lipinski definition) is 1. The van der Waals surface area contributed by atoms with Crippen LogP contribution >= 0.6 is 0 Å². The fourth-order valence-corrected chi connectivity index (χ4v) is 3.12. The highest BCUT2D eigenvalue weighted by Gasteiger charge is 2.19. The summed E-state index contributed by atoms with van der Waals surface area (Å²) in [5.74, 6) is -0.237. The average molecular weight is 354 g/mol. The van der Waals surface area contributed by atoms with E-state index in [-0.39, 0.29) is 12.0 Å². The van der Waals surface area contributed by atoms with Crippen molar-refractivity contribution in [2.45, 2.75) is 19.0 Å². The molecule has 1 saturated heterocycles. The Balaban J connectivity index is 1.58. The number of carbonyl (C=O) groups is 1. The molecule has 5 nitrogen and oxygen atoms in total. The van der Waals surface area contributed by atoms with Gasteiger partial charge >= 0.3 is 5.97 Å². The van der Waals surface area contributed by atoms with Crippen LogP contribution in [-0.4, -0.2) is 45.4 Å². The zero-order valence-electron chi connectivity index (χ0n) is 15.2. The topological polar surface area (TPSA) is 50.8 Å². The zero-order valence-corrected chi connectivity index (χ0v) is 15.2. The molecule has 0 amide bonds. The number of benzene rings is 2.